The van der Waals surface area contributed by atoms with Crippen molar-refractivity contribution in [2.24, 2.45) is 5.73 Å². The van der Waals surface area contributed by atoms with Crippen molar-refractivity contribution in [2.75, 3.05) is 13.2 Å². The molecule has 0 saturated heterocycles. The summed E-state index contributed by atoms with van der Waals surface area (Å²) in [5.41, 5.74) is 5.39. The first-order chi connectivity index (χ1) is 8.04. The zero-order valence-corrected chi connectivity index (χ0v) is 10.0. The molecule has 0 fully saturated rings. The fraction of sp³-hybridized carbons (Fsp3) is 0.500. The van der Waals surface area contributed by atoms with Crippen LogP contribution in [0, 0.1) is 11.6 Å². The lowest BCUT2D eigenvalue weighted by Crippen LogP contribution is -2.12. The van der Waals surface area contributed by atoms with E-state index in [9.17, 15) is 8.78 Å². The van der Waals surface area contributed by atoms with Crippen molar-refractivity contribution in [2.45, 2.75) is 26.5 Å². The Labute approximate surface area is 99.5 Å². The molecule has 0 amide bonds. The van der Waals surface area contributed by atoms with E-state index < -0.39 is 11.6 Å². The van der Waals surface area contributed by atoms with Gasteiger partial charge in [-0.3, -0.25) is 0 Å². The van der Waals surface area contributed by atoms with Gasteiger partial charge in [-0.25, -0.2) is 8.78 Å². The molecule has 0 aliphatic rings. The van der Waals surface area contributed by atoms with Crippen molar-refractivity contribution in [3.63, 3.8) is 0 Å². The first-order valence-electron chi connectivity index (χ1n) is 5.47. The van der Waals surface area contributed by atoms with Gasteiger partial charge in [-0.15, -0.1) is 0 Å². The van der Waals surface area contributed by atoms with Crippen LogP contribution in [0.25, 0.3) is 0 Å². The van der Waals surface area contributed by atoms with Crippen LogP contribution in [0.3, 0.4) is 0 Å². The largest absolute Gasteiger partial charge is 0.488 e. The van der Waals surface area contributed by atoms with Crippen molar-refractivity contribution >= 4 is 0 Å². The molecule has 0 saturated carbocycles. The molecule has 3 nitrogen and oxygen atoms in total. The lowest BCUT2D eigenvalue weighted by Gasteiger charge is -2.11. The molecule has 0 aromatic heterocycles. The minimum atomic E-state index is -0.614. The Balaban J connectivity index is 2.56. The van der Waals surface area contributed by atoms with Gasteiger partial charge in [0.2, 0.25) is 0 Å². The van der Waals surface area contributed by atoms with E-state index in [4.69, 9.17) is 15.2 Å². The number of hydrogen-bond donors (Lipinski definition) is 1. The first kappa shape index (κ1) is 13.9. The Bertz CT molecular complexity index is 370. The normalized spacial score (nSPS) is 10.9. The third-order valence-electron chi connectivity index (χ3n) is 2.11. The van der Waals surface area contributed by atoms with Crippen LogP contribution in [0.2, 0.25) is 0 Å². The van der Waals surface area contributed by atoms with Gasteiger partial charge < -0.3 is 15.2 Å². The Morgan fingerprint density at radius 1 is 1.18 bits per heavy atom. The van der Waals surface area contributed by atoms with Crippen LogP contribution in [-0.2, 0) is 11.3 Å². The molecule has 0 radical (unpaired) electrons. The van der Waals surface area contributed by atoms with Gasteiger partial charge in [-0.2, -0.15) is 0 Å². The van der Waals surface area contributed by atoms with Gasteiger partial charge in [0.25, 0.3) is 0 Å². The standard InChI is InChI=1S/C12H17F2NO2/c1-8(2)16-3-4-17-12-6-10(13)9(7-15)5-11(12)14/h5-6,8H,3-4,7,15H2,1-2H3. The van der Waals surface area contributed by atoms with Gasteiger partial charge >= 0.3 is 0 Å². The SMILES string of the molecule is CC(C)OCCOc1cc(F)c(CN)cc1F. The van der Waals surface area contributed by atoms with Crippen molar-refractivity contribution in [1.29, 1.82) is 0 Å². The van der Waals surface area contributed by atoms with E-state index in [0.29, 0.717) is 6.61 Å². The molecule has 17 heavy (non-hydrogen) atoms. The summed E-state index contributed by atoms with van der Waals surface area (Å²) in [5, 5.41) is 0. The van der Waals surface area contributed by atoms with Gasteiger partial charge in [-0.05, 0) is 19.9 Å². The summed E-state index contributed by atoms with van der Waals surface area (Å²) < 4.78 is 37.0. The van der Waals surface area contributed by atoms with E-state index in [2.05, 4.69) is 0 Å². The molecule has 0 aliphatic heterocycles. The zero-order chi connectivity index (χ0) is 12.8. The summed E-state index contributed by atoms with van der Waals surface area (Å²) in [6, 6.07) is 2.06. The molecular formula is C12H17F2NO2. The molecule has 96 valence electrons. The van der Waals surface area contributed by atoms with E-state index >= 15 is 0 Å². The molecule has 2 N–H and O–H groups in total. The minimum absolute atomic E-state index is 0.0422. The van der Waals surface area contributed by atoms with Gasteiger partial charge in [0.1, 0.15) is 12.4 Å². The summed E-state index contributed by atoms with van der Waals surface area (Å²) in [5.74, 6) is -1.29. The number of halogens is 2. The number of ether oxygens (including phenoxy) is 2. The van der Waals surface area contributed by atoms with E-state index in [0.717, 1.165) is 12.1 Å². The van der Waals surface area contributed by atoms with Crippen LogP contribution in [0.4, 0.5) is 8.78 Å². The molecule has 0 unspecified atom stereocenters. The summed E-state index contributed by atoms with van der Waals surface area (Å²) >= 11 is 0. The van der Waals surface area contributed by atoms with Crippen molar-refractivity contribution in [1.82, 2.24) is 0 Å². The van der Waals surface area contributed by atoms with Crippen LogP contribution < -0.4 is 10.5 Å². The van der Waals surface area contributed by atoms with E-state index in [1.807, 2.05) is 13.8 Å². The molecule has 1 aromatic carbocycles. The van der Waals surface area contributed by atoms with Crippen molar-refractivity contribution < 1.29 is 18.3 Å². The summed E-state index contributed by atoms with van der Waals surface area (Å²) in [6.45, 7) is 4.24. The molecule has 0 atom stereocenters. The summed E-state index contributed by atoms with van der Waals surface area (Å²) in [7, 11) is 0. The summed E-state index contributed by atoms with van der Waals surface area (Å²) in [4.78, 5) is 0. The highest BCUT2D eigenvalue weighted by Crippen LogP contribution is 2.21. The molecule has 1 rings (SSSR count). The van der Waals surface area contributed by atoms with Gasteiger partial charge in [0, 0.05) is 18.2 Å². The Kier molecular flexibility index (Phi) is 5.31. The second-order valence-electron chi connectivity index (χ2n) is 3.85. The molecule has 0 aliphatic carbocycles. The quantitative estimate of drug-likeness (QED) is 0.782. The predicted octanol–water partition coefficient (Wildman–Crippen LogP) is 2.23. The highest BCUT2D eigenvalue weighted by atomic mass is 19.1. The molecule has 1 aromatic rings. The molecule has 0 bridgehead atoms. The van der Waals surface area contributed by atoms with Crippen LogP contribution in [0.15, 0.2) is 12.1 Å². The maximum atomic E-state index is 13.4. The Morgan fingerprint density at radius 3 is 2.47 bits per heavy atom. The van der Waals surface area contributed by atoms with E-state index in [1.54, 1.807) is 0 Å². The minimum Gasteiger partial charge on any atom is -0.488 e. The lowest BCUT2D eigenvalue weighted by molar-refractivity contribution is 0.0543. The Hall–Kier alpha value is -1.20. The second-order valence-corrected chi connectivity index (χ2v) is 3.85. The van der Waals surface area contributed by atoms with Crippen molar-refractivity contribution in [3.05, 3.63) is 29.3 Å². The zero-order valence-electron chi connectivity index (χ0n) is 10.0. The highest BCUT2D eigenvalue weighted by molar-refractivity contribution is 5.30. The summed E-state index contributed by atoms with van der Waals surface area (Å²) in [6.07, 6.45) is 0.0831. The second kappa shape index (κ2) is 6.51. The molecule has 5 heteroatoms. The van der Waals surface area contributed by atoms with Gasteiger partial charge in [0.05, 0.1) is 12.7 Å². The molecule has 0 heterocycles. The van der Waals surface area contributed by atoms with E-state index in [1.165, 1.54) is 0 Å². The van der Waals surface area contributed by atoms with Crippen LogP contribution in [0.5, 0.6) is 5.75 Å². The smallest absolute Gasteiger partial charge is 0.165 e. The fourth-order valence-corrected chi connectivity index (χ4v) is 1.27. The monoisotopic (exact) mass is 245 g/mol. The number of nitrogens with two attached hydrogens (primary N) is 1. The average Bonchev–Trinajstić information content (AvgIpc) is 2.28. The maximum absolute atomic E-state index is 13.4. The van der Waals surface area contributed by atoms with E-state index in [-0.39, 0.29) is 30.6 Å². The highest BCUT2D eigenvalue weighted by Gasteiger charge is 2.10. The number of rotatable bonds is 6. The molecular weight excluding hydrogens is 228 g/mol. The predicted molar refractivity (Wildman–Crippen MR) is 60.8 cm³/mol. The third kappa shape index (κ3) is 4.28. The van der Waals surface area contributed by atoms with Crippen LogP contribution in [0.1, 0.15) is 19.4 Å². The third-order valence-corrected chi connectivity index (χ3v) is 2.11. The first-order valence-corrected chi connectivity index (χ1v) is 5.47. The average molecular weight is 245 g/mol. The van der Waals surface area contributed by atoms with Crippen LogP contribution in [-0.4, -0.2) is 19.3 Å². The van der Waals surface area contributed by atoms with Crippen molar-refractivity contribution in [3.8, 4) is 5.75 Å². The number of benzene rings is 1. The molecule has 0 spiro atoms. The number of hydrogen-bond acceptors (Lipinski definition) is 3. The van der Waals surface area contributed by atoms with Gasteiger partial charge in [-0.1, -0.05) is 0 Å². The fourth-order valence-electron chi connectivity index (χ4n) is 1.27. The maximum Gasteiger partial charge on any atom is 0.165 e. The topological polar surface area (TPSA) is 44.5 Å². The van der Waals surface area contributed by atoms with Crippen LogP contribution >= 0.6 is 0 Å². The van der Waals surface area contributed by atoms with Gasteiger partial charge in [0.15, 0.2) is 11.6 Å². The Morgan fingerprint density at radius 2 is 1.88 bits per heavy atom. The lowest BCUT2D eigenvalue weighted by atomic mass is 10.2.